The van der Waals surface area contributed by atoms with Crippen LogP contribution in [0.1, 0.15) is 45.1 Å². The molecule has 1 atom stereocenters. The summed E-state index contributed by atoms with van der Waals surface area (Å²) in [6.07, 6.45) is 0.974. The average molecular weight is 239 g/mol. The minimum Gasteiger partial charge on any atom is -0.298 e. The summed E-state index contributed by atoms with van der Waals surface area (Å²) >= 11 is 0. The van der Waals surface area contributed by atoms with Crippen molar-refractivity contribution in [2.75, 3.05) is 0 Å². The van der Waals surface area contributed by atoms with Crippen LogP contribution in [0.3, 0.4) is 0 Å². The second kappa shape index (κ2) is 5.07. The molecule has 6 nitrogen and oxygen atoms in total. The zero-order valence-electron chi connectivity index (χ0n) is 10.6. The van der Waals surface area contributed by atoms with Gasteiger partial charge in [0, 0.05) is 0 Å². The second-order valence-electron chi connectivity index (χ2n) is 3.94. The Morgan fingerprint density at radius 2 is 2.06 bits per heavy atom. The molecule has 1 aromatic rings. The summed E-state index contributed by atoms with van der Waals surface area (Å²) in [4.78, 5) is 22.0. The molecule has 1 rings (SSSR count). The van der Waals surface area contributed by atoms with Crippen molar-refractivity contribution in [1.82, 2.24) is 9.78 Å². The van der Waals surface area contributed by atoms with Gasteiger partial charge >= 0.3 is 5.69 Å². The molecule has 0 saturated heterocycles. The Morgan fingerprint density at radius 1 is 1.47 bits per heavy atom. The number of hydrogen-bond donors (Lipinski definition) is 0. The number of aromatic nitrogens is 2. The molecule has 6 heteroatoms. The molecule has 0 aliphatic carbocycles. The molecule has 0 radical (unpaired) electrons. The maximum Gasteiger partial charge on any atom is 0.313 e. The number of Topliss-reactive ketones (excluding diaryl/α,β-unsaturated/α-hetero) is 1. The van der Waals surface area contributed by atoms with E-state index in [-0.39, 0.29) is 11.5 Å². The van der Waals surface area contributed by atoms with Gasteiger partial charge in [0.15, 0.2) is 5.78 Å². The van der Waals surface area contributed by atoms with E-state index < -0.39 is 11.0 Å². The molecule has 17 heavy (non-hydrogen) atoms. The predicted octanol–water partition coefficient (Wildman–Crippen LogP) is 2.07. The lowest BCUT2D eigenvalue weighted by molar-refractivity contribution is -0.386. The van der Waals surface area contributed by atoms with Crippen LogP contribution in [0.15, 0.2) is 0 Å². The minimum absolute atomic E-state index is 0.0558. The third kappa shape index (κ3) is 2.35. The van der Waals surface area contributed by atoms with Crippen molar-refractivity contribution in [3.63, 3.8) is 0 Å². The number of carbonyl (C=O) groups excluding carboxylic acids is 1. The number of nitrogens with zero attached hydrogens (tertiary/aromatic N) is 3. The smallest absolute Gasteiger partial charge is 0.298 e. The quantitative estimate of drug-likeness (QED) is 0.582. The Balaban J connectivity index is 3.42. The fraction of sp³-hybridized carbons (Fsp3) is 0.636. The van der Waals surface area contributed by atoms with Crippen LogP contribution in [-0.2, 0) is 17.6 Å². The third-order valence-corrected chi connectivity index (χ3v) is 2.86. The van der Waals surface area contributed by atoms with E-state index in [9.17, 15) is 14.9 Å². The molecule has 0 saturated carbocycles. The molecule has 0 N–H and O–H groups in total. The lowest BCUT2D eigenvalue weighted by atomic mass is 10.2. The zero-order valence-corrected chi connectivity index (χ0v) is 10.6. The summed E-state index contributed by atoms with van der Waals surface area (Å²) in [5, 5.41) is 15.2. The number of hydrogen-bond acceptors (Lipinski definition) is 4. The van der Waals surface area contributed by atoms with Gasteiger partial charge in [0.25, 0.3) is 0 Å². The standard InChI is InChI=1S/C11H17N3O3/c1-5-9-11(14(16)17)10(6-2)13(12-9)7(3)8(4)15/h7H,5-6H2,1-4H3. The van der Waals surface area contributed by atoms with Gasteiger partial charge in [0.05, 0.1) is 4.92 Å². The number of rotatable bonds is 5. The molecule has 1 heterocycles. The first-order chi connectivity index (χ1) is 7.93. The van der Waals surface area contributed by atoms with Crippen molar-refractivity contribution in [3.8, 4) is 0 Å². The molecule has 0 fully saturated rings. The molecule has 0 aliphatic rings. The topological polar surface area (TPSA) is 78.0 Å². The number of ketones is 1. The van der Waals surface area contributed by atoms with E-state index in [0.29, 0.717) is 24.2 Å². The highest BCUT2D eigenvalue weighted by molar-refractivity contribution is 5.79. The van der Waals surface area contributed by atoms with Crippen molar-refractivity contribution in [2.45, 2.75) is 46.6 Å². The van der Waals surface area contributed by atoms with Gasteiger partial charge < -0.3 is 0 Å². The first-order valence-corrected chi connectivity index (χ1v) is 5.69. The molecule has 0 spiro atoms. The van der Waals surface area contributed by atoms with Crippen LogP contribution in [0.4, 0.5) is 5.69 Å². The normalized spacial score (nSPS) is 12.5. The van der Waals surface area contributed by atoms with E-state index in [2.05, 4.69) is 5.10 Å². The van der Waals surface area contributed by atoms with Gasteiger partial charge in [0.1, 0.15) is 17.4 Å². The van der Waals surface area contributed by atoms with E-state index in [0.717, 1.165) is 0 Å². The molecule has 0 aromatic carbocycles. The van der Waals surface area contributed by atoms with Gasteiger partial charge in [-0.15, -0.1) is 0 Å². The van der Waals surface area contributed by atoms with Crippen LogP contribution in [0.2, 0.25) is 0 Å². The van der Waals surface area contributed by atoms with Gasteiger partial charge in [-0.25, -0.2) is 0 Å². The maximum atomic E-state index is 11.4. The van der Waals surface area contributed by atoms with Crippen LogP contribution in [-0.4, -0.2) is 20.5 Å². The summed E-state index contributed by atoms with van der Waals surface area (Å²) in [6.45, 7) is 6.81. The summed E-state index contributed by atoms with van der Waals surface area (Å²) in [6, 6.07) is -0.455. The molecule has 94 valence electrons. The molecule has 1 unspecified atom stereocenters. The Labute approximate surface area is 99.8 Å². The predicted molar refractivity (Wildman–Crippen MR) is 63.0 cm³/mol. The van der Waals surface area contributed by atoms with Crippen LogP contribution < -0.4 is 0 Å². The fourth-order valence-corrected chi connectivity index (χ4v) is 1.78. The summed E-state index contributed by atoms with van der Waals surface area (Å²) in [7, 11) is 0. The molecule has 1 aromatic heterocycles. The Bertz CT molecular complexity index is 451. The van der Waals surface area contributed by atoms with Crippen molar-refractivity contribution in [1.29, 1.82) is 0 Å². The van der Waals surface area contributed by atoms with Gasteiger partial charge in [-0.05, 0) is 26.7 Å². The summed E-state index contributed by atoms with van der Waals surface area (Å²) < 4.78 is 1.49. The number of carbonyl (C=O) groups is 1. The maximum absolute atomic E-state index is 11.4. The van der Waals surface area contributed by atoms with Crippen molar-refractivity contribution in [2.24, 2.45) is 0 Å². The molecule has 0 amide bonds. The van der Waals surface area contributed by atoms with Gasteiger partial charge in [-0.2, -0.15) is 5.10 Å². The monoisotopic (exact) mass is 239 g/mol. The van der Waals surface area contributed by atoms with E-state index in [1.165, 1.54) is 11.6 Å². The average Bonchev–Trinajstić information content (AvgIpc) is 2.65. The molecular formula is C11H17N3O3. The Hall–Kier alpha value is -1.72. The highest BCUT2D eigenvalue weighted by Crippen LogP contribution is 2.27. The lowest BCUT2D eigenvalue weighted by Crippen LogP contribution is -2.17. The fourth-order valence-electron chi connectivity index (χ4n) is 1.78. The second-order valence-corrected chi connectivity index (χ2v) is 3.94. The summed E-state index contributed by atoms with van der Waals surface area (Å²) in [5.41, 5.74) is 1.03. The van der Waals surface area contributed by atoms with Gasteiger partial charge in [-0.1, -0.05) is 13.8 Å². The number of aryl methyl sites for hydroxylation is 1. The van der Waals surface area contributed by atoms with E-state index in [4.69, 9.17) is 0 Å². The first kappa shape index (κ1) is 13.3. The van der Waals surface area contributed by atoms with Crippen LogP contribution in [0, 0.1) is 10.1 Å². The van der Waals surface area contributed by atoms with E-state index in [1.807, 2.05) is 13.8 Å². The van der Waals surface area contributed by atoms with Crippen molar-refractivity contribution < 1.29 is 9.72 Å². The highest BCUT2D eigenvalue weighted by Gasteiger charge is 2.28. The summed E-state index contributed by atoms with van der Waals surface area (Å²) in [5.74, 6) is -0.0558. The van der Waals surface area contributed by atoms with E-state index in [1.54, 1.807) is 6.92 Å². The Kier molecular flexibility index (Phi) is 3.98. The molecule has 0 aliphatic heterocycles. The SMILES string of the molecule is CCc1nn(C(C)C(C)=O)c(CC)c1[N+](=O)[O-]. The van der Waals surface area contributed by atoms with Crippen LogP contribution in [0.25, 0.3) is 0 Å². The van der Waals surface area contributed by atoms with Crippen molar-refractivity contribution in [3.05, 3.63) is 21.5 Å². The van der Waals surface area contributed by atoms with Crippen molar-refractivity contribution >= 4 is 11.5 Å². The van der Waals surface area contributed by atoms with E-state index >= 15 is 0 Å². The minimum atomic E-state index is -0.455. The number of nitro groups is 1. The highest BCUT2D eigenvalue weighted by atomic mass is 16.6. The van der Waals surface area contributed by atoms with Gasteiger partial charge in [0.2, 0.25) is 0 Å². The zero-order chi connectivity index (χ0) is 13.2. The molecule has 0 bridgehead atoms. The Morgan fingerprint density at radius 3 is 2.41 bits per heavy atom. The lowest BCUT2D eigenvalue weighted by Gasteiger charge is -2.10. The van der Waals surface area contributed by atoms with Crippen LogP contribution in [0.5, 0.6) is 0 Å². The molecular weight excluding hydrogens is 222 g/mol. The van der Waals surface area contributed by atoms with Gasteiger partial charge in [-0.3, -0.25) is 19.6 Å². The van der Waals surface area contributed by atoms with Crippen LogP contribution >= 0.6 is 0 Å². The largest absolute Gasteiger partial charge is 0.313 e. The third-order valence-electron chi connectivity index (χ3n) is 2.86. The first-order valence-electron chi connectivity index (χ1n) is 5.69.